The number of anilines is 7. The monoisotopic (exact) mass is 921 g/mol. The Bertz CT molecular complexity index is 2930. The topological polar surface area (TPSA) is 52.9 Å². The molecule has 0 radical (unpaired) electrons. The number of hydrogen-bond acceptors (Lipinski definition) is 7. The van der Waals surface area contributed by atoms with Crippen molar-refractivity contribution in [3.63, 3.8) is 0 Å². The van der Waals surface area contributed by atoms with Crippen LogP contribution >= 0.6 is 0 Å². The maximum absolute atomic E-state index is 6.13. The lowest BCUT2D eigenvalue weighted by atomic mass is 9.85. The normalized spacial score (nSPS) is 11.5. The molecule has 0 fully saturated rings. The van der Waals surface area contributed by atoms with Gasteiger partial charge in [-0.15, -0.1) is 0 Å². The van der Waals surface area contributed by atoms with Gasteiger partial charge in [-0.1, -0.05) is 170 Å². The standard InChI is InChI=1S/C64H51N5O2/c1-7-19-52(20-8-1)64(53-35-31-50(32-36-53)47-65-68(58-23-11-3-12-24-58)59-25-13-4-14-26-59)54-37-43-62(44-38-54)70-49-71-63-45-41-57(42-46-63)67(55-21-9-2-10-22-55)56-39-33-51(34-40-56)48-66-69(60-27-15-5-16-28-60)61-29-17-6-18-30-61/h1-48,64H,49H2. The molecule has 0 saturated carbocycles. The first kappa shape index (κ1) is 45.3. The largest absolute Gasteiger partial charge is 0.458 e. The molecule has 0 saturated heterocycles. The van der Waals surface area contributed by atoms with Crippen molar-refractivity contribution in [1.82, 2.24) is 0 Å². The molecule has 10 rings (SSSR count). The van der Waals surface area contributed by atoms with Crippen molar-refractivity contribution in [2.24, 2.45) is 10.2 Å². The fourth-order valence-corrected chi connectivity index (χ4v) is 8.43. The summed E-state index contributed by atoms with van der Waals surface area (Å²) in [6.07, 6.45) is 3.80. The van der Waals surface area contributed by atoms with Gasteiger partial charge in [0, 0.05) is 23.0 Å². The third kappa shape index (κ3) is 11.5. The summed E-state index contributed by atoms with van der Waals surface area (Å²) < 4.78 is 12.3. The van der Waals surface area contributed by atoms with Crippen molar-refractivity contribution in [3.8, 4) is 11.5 Å². The SMILES string of the molecule is C(=NN(c1ccccc1)c1ccccc1)c1ccc(C(c2ccccc2)c2ccc(OCOc3ccc(N(c4ccccc4)c4ccc(C=NN(c5ccccc5)c5ccccc5)cc4)cc3)cc2)cc1. The Morgan fingerprint density at radius 3 is 0.972 bits per heavy atom. The molecule has 0 heterocycles. The van der Waals surface area contributed by atoms with E-state index in [2.05, 4.69) is 181 Å². The molecule has 0 aliphatic carbocycles. The number of hydrogen-bond donors (Lipinski definition) is 0. The second-order valence-electron chi connectivity index (χ2n) is 16.7. The first-order chi connectivity index (χ1) is 35.2. The Balaban J connectivity index is 0.795. The van der Waals surface area contributed by atoms with Gasteiger partial charge < -0.3 is 14.4 Å². The van der Waals surface area contributed by atoms with Crippen LogP contribution in [-0.4, -0.2) is 19.2 Å². The van der Waals surface area contributed by atoms with Crippen LogP contribution in [0.4, 0.5) is 39.8 Å². The van der Waals surface area contributed by atoms with E-state index in [9.17, 15) is 0 Å². The van der Waals surface area contributed by atoms with Crippen molar-refractivity contribution in [2.75, 3.05) is 21.7 Å². The number of rotatable bonds is 18. The Kier molecular flexibility index (Phi) is 14.4. The lowest BCUT2D eigenvalue weighted by Gasteiger charge is -2.25. The van der Waals surface area contributed by atoms with Crippen LogP contribution in [0.2, 0.25) is 0 Å². The van der Waals surface area contributed by atoms with Crippen LogP contribution < -0.4 is 24.4 Å². The van der Waals surface area contributed by atoms with E-state index in [-0.39, 0.29) is 12.7 Å². The Labute approximate surface area is 416 Å². The van der Waals surface area contributed by atoms with Crippen LogP contribution in [0.5, 0.6) is 11.5 Å². The van der Waals surface area contributed by atoms with E-state index >= 15 is 0 Å². The maximum Gasteiger partial charge on any atom is 0.230 e. The van der Waals surface area contributed by atoms with Crippen LogP contribution in [0.15, 0.2) is 289 Å². The predicted octanol–water partition coefficient (Wildman–Crippen LogP) is 16.1. The van der Waals surface area contributed by atoms with Crippen molar-refractivity contribution < 1.29 is 9.47 Å². The van der Waals surface area contributed by atoms with Crippen LogP contribution in [0.1, 0.15) is 33.7 Å². The smallest absolute Gasteiger partial charge is 0.230 e. The van der Waals surface area contributed by atoms with Crippen LogP contribution in [0.25, 0.3) is 0 Å². The molecule has 7 heteroatoms. The fraction of sp³-hybridized carbons (Fsp3) is 0.0312. The molecule has 10 aromatic rings. The van der Waals surface area contributed by atoms with Gasteiger partial charge >= 0.3 is 0 Å². The minimum atomic E-state index is 0.0224. The average Bonchev–Trinajstić information content (AvgIpc) is 3.44. The van der Waals surface area contributed by atoms with Gasteiger partial charge in [0.15, 0.2) is 0 Å². The van der Waals surface area contributed by atoms with E-state index in [1.807, 2.05) is 126 Å². The molecule has 1 unspecified atom stereocenters. The minimum Gasteiger partial charge on any atom is -0.458 e. The van der Waals surface area contributed by atoms with Crippen molar-refractivity contribution in [3.05, 3.63) is 307 Å². The first-order valence-electron chi connectivity index (χ1n) is 23.7. The molecular weight excluding hydrogens is 871 g/mol. The molecule has 0 spiro atoms. The first-order valence-corrected chi connectivity index (χ1v) is 23.7. The average molecular weight is 922 g/mol. The van der Waals surface area contributed by atoms with Gasteiger partial charge in [0.25, 0.3) is 0 Å². The summed E-state index contributed by atoms with van der Waals surface area (Å²) in [4.78, 5) is 2.22. The van der Waals surface area contributed by atoms with E-state index in [1.165, 1.54) is 11.1 Å². The zero-order chi connectivity index (χ0) is 47.9. The van der Waals surface area contributed by atoms with Gasteiger partial charge in [-0.3, -0.25) is 0 Å². The van der Waals surface area contributed by atoms with Crippen molar-refractivity contribution in [1.29, 1.82) is 0 Å². The molecule has 71 heavy (non-hydrogen) atoms. The maximum atomic E-state index is 6.13. The lowest BCUT2D eigenvalue weighted by molar-refractivity contribution is 0.120. The second kappa shape index (κ2) is 22.6. The highest BCUT2D eigenvalue weighted by Gasteiger charge is 2.18. The van der Waals surface area contributed by atoms with Crippen LogP contribution in [-0.2, 0) is 0 Å². The summed E-state index contributed by atoms with van der Waals surface area (Å²) in [6.45, 7) is 0.0627. The summed E-state index contributed by atoms with van der Waals surface area (Å²) in [7, 11) is 0. The van der Waals surface area contributed by atoms with Crippen LogP contribution in [0.3, 0.4) is 0 Å². The molecule has 0 amide bonds. The summed E-state index contributed by atoms with van der Waals surface area (Å²) in [5, 5.41) is 13.7. The second-order valence-corrected chi connectivity index (χ2v) is 16.7. The molecule has 0 N–H and O–H groups in total. The molecular formula is C64H51N5O2. The molecule has 7 nitrogen and oxygen atoms in total. The zero-order valence-corrected chi connectivity index (χ0v) is 39.0. The summed E-state index contributed by atoms with van der Waals surface area (Å²) >= 11 is 0. The number of para-hydroxylation sites is 5. The Hall–Kier alpha value is -9.46. The number of hydrazone groups is 2. The number of ether oxygens (including phenoxy) is 2. The zero-order valence-electron chi connectivity index (χ0n) is 39.0. The van der Waals surface area contributed by atoms with E-state index in [1.54, 1.807) is 0 Å². The van der Waals surface area contributed by atoms with Gasteiger partial charge in [0.1, 0.15) is 11.5 Å². The van der Waals surface area contributed by atoms with E-state index in [0.717, 1.165) is 62.3 Å². The van der Waals surface area contributed by atoms with Gasteiger partial charge in [0.05, 0.1) is 35.2 Å². The molecule has 0 aliphatic rings. The molecule has 10 aromatic carbocycles. The minimum absolute atomic E-state index is 0.0224. The third-order valence-corrected chi connectivity index (χ3v) is 12.0. The quantitative estimate of drug-likeness (QED) is 0.0371. The van der Waals surface area contributed by atoms with Gasteiger partial charge in [-0.05, 0) is 137 Å². The molecule has 0 aromatic heterocycles. The van der Waals surface area contributed by atoms with Gasteiger partial charge in [-0.25, -0.2) is 10.0 Å². The van der Waals surface area contributed by atoms with Gasteiger partial charge in [0.2, 0.25) is 6.79 Å². The van der Waals surface area contributed by atoms with Gasteiger partial charge in [-0.2, -0.15) is 10.2 Å². The highest BCUT2D eigenvalue weighted by molar-refractivity contribution is 5.85. The van der Waals surface area contributed by atoms with Crippen molar-refractivity contribution in [2.45, 2.75) is 5.92 Å². The van der Waals surface area contributed by atoms with E-state index in [4.69, 9.17) is 19.7 Å². The van der Waals surface area contributed by atoms with E-state index in [0.29, 0.717) is 5.75 Å². The summed E-state index contributed by atoms with van der Waals surface area (Å²) in [5.74, 6) is 1.45. The molecule has 344 valence electrons. The highest BCUT2D eigenvalue weighted by atomic mass is 16.7. The molecule has 1 atom stereocenters. The summed E-state index contributed by atoms with van der Waals surface area (Å²) in [6, 6.07) is 95.1. The fourth-order valence-electron chi connectivity index (χ4n) is 8.43. The Morgan fingerprint density at radius 1 is 0.296 bits per heavy atom. The Morgan fingerprint density at radius 2 is 0.577 bits per heavy atom. The highest BCUT2D eigenvalue weighted by Crippen LogP contribution is 2.37. The number of benzene rings is 10. The van der Waals surface area contributed by atoms with Crippen LogP contribution in [0, 0.1) is 0 Å². The molecule has 0 bridgehead atoms. The number of nitrogens with zero attached hydrogens (tertiary/aromatic N) is 5. The van der Waals surface area contributed by atoms with Crippen molar-refractivity contribution >= 4 is 52.2 Å². The third-order valence-electron chi connectivity index (χ3n) is 12.0. The predicted molar refractivity (Wildman–Crippen MR) is 293 cm³/mol. The van der Waals surface area contributed by atoms with E-state index < -0.39 is 0 Å². The summed E-state index contributed by atoms with van der Waals surface area (Å²) in [5.41, 5.74) is 12.5. The molecule has 0 aliphatic heterocycles. The lowest BCUT2D eigenvalue weighted by Crippen LogP contribution is -2.11.